The molecule has 0 N–H and O–H groups in total. The lowest BCUT2D eigenvalue weighted by molar-refractivity contribution is -0.274. The molecule has 3 aliphatic carbocycles. The molecule has 6 unspecified atom stereocenters. The standard InChI is InChI=1S/C25H33F3O/c1-2-3-4-17-5-13-23-20(15-17)6-7-21-16-19(10-14-24(21)23)18-8-11-22(12-9-18)29-25(26,27)28/h3-4,8-9,11-12,17,19-21,23-24H,2,5-7,10,13-16H2,1H3. The van der Waals surface area contributed by atoms with Gasteiger partial charge in [-0.05, 0) is 111 Å². The van der Waals surface area contributed by atoms with Crippen molar-refractivity contribution in [3.8, 4) is 5.75 Å². The highest BCUT2D eigenvalue weighted by Gasteiger charge is 2.44. The van der Waals surface area contributed by atoms with Crippen LogP contribution in [0.2, 0.25) is 0 Å². The van der Waals surface area contributed by atoms with Crippen molar-refractivity contribution >= 4 is 0 Å². The number of benzene rings is 1. The number of fused-ring (bicyclic) bond motifs is 3. The fraction of sp³-hybridized carbons (Fsp3) is 0.680. The summed E-state index contributed by atoms with van der Waals surface area (Å²) in [6.07, 6.45) is 11.8. The highest BCUT2D eigenvalue weighted by molar-refractivity contribution is 5.30. The number of hydrogen-bond acceptors (Lipinski definition) is 1. The van der Waals surface area contributed by atoms with E-state index in [-0.39, 0.29) is 5.75 Å². The number of hydrogen-bond donors (Lipinski definition) is 0. The fourth-order valence-corrected chi connectivity index (χ4v) is 6.58. The van der Waals surface area contributed by atoms with Crippen LogP contribution in [-0.2, 0) is 0 Å². The van der Waals surface area contributed by atoms with E-state index in [0.717, 1.165) is 36.0 Å². The molecule has 3 aliphatic rings. The molecule has 3 fully saturated rings. The SMILES string of the molecule is CCC=CC1CCC2C(CCC3CC(c4ccc(OC(F)(F)F)cc4)CCC32)C1. The molecule has 0 aliphatic heterocycles. The van der Waals surface area contributed by atoms with Gasteiger partial charge in [-0.15, -0.1) is 13.2 Å². The van der Waals surface area contributed by atoms with Gasteiger partial charge < -0.3 is 4.74 Å². The van der Waals surface area contributed by atoms with Gasteiger partial charge in [0.2, 0.25) is 0 Å². The van der Waals surface area contributed by atoms with Gasteiger partial charge in [0.15, 0.2) is 0 Å². The Labute approximate surface area is 172 Å². The molecule has 0 saturated heterocycles. The fourth-order valence-electron chi connectivity index (χ4n) is 6.58. The Morgan fingerprint density at radius 3 is 2.21 bits per heavy atom. The second-order valence-corrected chi connectivity index (χ2v) is 9.46. The Kier molecular flexibility index (Phi) is 6.27. The third kappa shape index (κ3) is 5.00. The second kappa shape index (κ2) is 8.73. The van der Waals surface area contributed by atoms with Crippen molar-refractivity contribution in [2.75, 3.05) is 0 Å². The first-order valence-electron chi connectivity index (χ1n) is 11.4. The molecule has 1 aromatic carbocycles. The van der Waals surface area contributed by atoms with Gasteiger partial charge in [-0.1, -0.05) is 31.2 Å². The van der Waals surface area contributed by atoms with Crippen LogP contribution in [0.1, 0.15) is 76.2 Å². The van der Waals surface area contributed by atoms with Crippen molar-refractivity contribution in [1.82, 2.24) is 0 Å². The van der Waals surface area contributed by atoms with Crippen molar-refractivity contribution in [3.63, 3.8) is 0 Å². The highest BCUT2D eigenvalue weighted by Crippen LogP contribution is 2.54. The van der Waals surface area contributed by atoms with Crippen LogP contribution in [0.4, 0.5) is 13.2 Å². The van der Waals surface area contributed by atoms with E-state index < -0.39 is 6.36 Å². The van der Waals surface area contributed by atoms with Crippen LogP contribution in [0.15, 0.2) is 36.4 Å². The third-order valence-electron chi connectivity index (χ3n) is 7.81. The molecule has 1 aromatic rings. The van der Waals surface area contributed by atoms with Crippen LogP contribution in [0.25, 0.3) is 0 Å². The molecule has 29 heavy (non-hydrogen) atoms. The Hall–Kier alpha value is -1.45. The average Bonchev–Trinajstić information content (AvgIpc) is 2.71. The first kappa shape index (κ1) is 20.8. The maximum Gasteiger partial charge on any atom is 0.573 e. The number of ether oxygens (including phenoxy) is 1. The van der Waals surface area contributed by atoms with Gasteiger partial charge in [0.25, 0.3) is 0 Å². The Bertz CT molecular complexity index is 693. The van der Waals surface area contributed by atoms with Crippen LogP contribution < -0.4 is 4.74 Å². The minimum absolute atomic E-state index is 0.121. The Morgan fingerprint density at radius 2 is 1.55 bits per heavy atom. The van der Waals surface area contributed by atoms with Crippen LogP contribution in [-0.4, -0.2) is 6.36 Å². The second-order valence-electron chi connectivity index (χ2n) is 9.46. The van der Waals surface area contributed by atoms with Gasteiger partial charge in [-0.3, -0.25) is 0 Å². The summed E-state index contributed by atoms with van der Waals surface area (Å²) in [4.78, 5) is 0. The Balaban J connectivity index is 1.35. The molecular weight excluding hydrogens is 373 g/mol. The lowest BCUT2D eigenvalue weighted by Crippen LogP contribution is -2.41. The predicted molar refractivity (Wildman–Crippen MR) is 110 cm³/mol. The van der Waals surface area contributed by atoms with Crippen molar-refractivity contribution in [2.24, 2.45) is 29.6 Å². The molecule has 4 rings (SSSR count). The molecule has 0 spiro atoms. The molecular formula is C25H33F3O. The van der Waals surface area contributed by atoms with Gasteiger partial charge in [-0.2, -0.15) is 0 Å². The molecule has 0 bridgehead atoms. The summed E-state index contributed by atoms with van der Waals surface area (Å²) in [6.45, 7) is 2.21. The molecule has 1 nitrogen and oxygen atoms in total. The molecule has 3 saturated carbocycles. The Morgan fingerprint density at radius 1 is 0.897 bits per heavy atom. The highest BCUT2D eigenvalue weighted by atomic mass is 19.4. The zero-order valence-electron chi connectivity index (χ0n) is 17.3. The summed E-state index contributed by atoms with van der Waals surface area (Å²) in [7, 11) is 0. The molecule has 0 radical (unpaired) electrons. The lowest BCUT2D eigenvalue weighted by atomic mass is 9.55. The van der Waals surface area contributed by atoms with E-state index in [1.54, 1.807) is 0 Å². The lowest BCUT2D eigenvalue weighted by Gasteiger charge is -2.50. The summed E-state index contributed by atoms with van der Waals surface area (Å²) < 4.78 is 41.1. The smallest absolute Gasteiger partial charge is 0.406 e. The molecule has 4 heteroatoms. The maximum atomic E-state index is 12.4. The van der Waals surface area contributed by atoms with Gasteiger partial charge in [0.05, 0.1) is 0 Å². The predicted octanol–water partition coefficient (Wildman–Crippen LogP) is 7.88. The van der Waals surface area contributed by atoms with E-state index in [2.05, 4.69) is 23.8 Å². The average molecular weight is 407 g/mol. The van der Waals surface area contributed by atoms with Crippen LogP contribution >= 0.6 is 0 Å². The van der Waals surface area contributed by atoms with Crippen molar-refractivity contribution < 1.29 is 17.9 Å². The normalized spacial score (nSPS) is 35.2. The van der Waals surface area contributed by atoms with Crippen molar-refractivity contribution in [1.29, 1.82) is 0 Å². The number of allylic oxidation sites excluding steroid dienone is 2. The van der Waals surface area contributed by atoms with E-state index in [4.69, 9.17) is 0 Å². The summed E-state index contributed by atoms with van der Waals surface area (Å²) >= 11 is 0. The van der Waals surface area contributed by atoms with Gasteiger partial charge in [-0.25, -0.2) is 0 Å². The van der Waals surface area contributed by atoms with Crippen LogP contribution in [0, 0.1) is 29.6 Å². The first-order valence-corrected chi connectivity index (χ1v) is 11.4. The van der Waals surface area contributed by atoms with Gasteiger partial charge in [0.1, 0.15) is 5.75 Å². The summed E-state index contributed by atoms with van der Waals surface area (Å²) in [6, 6.07) is 6.61. The summed E-state index contributed by atoms with van der Waals surface area (Å²) in [5, 5.41) is 0. The largest absolute Gasteiger partial charge is 0.573 e. The third-order valence-corrected chi connectivity index (χ3v) is 7.81. The van der Waals surface area contributed by atoms with E-state index in [0.29, 0.717) is 5.92 Å². The van der Waals surface area contributed by atoms with Gasteiger partial charge >= 0.3 is 6.36 Å². The number of rotatable bonds is 4. The first-order chi connectivity index (χ1) is 13.9. The monoisotopic (exact) mass is 406 g/mol. The minimum Gasteiger partial charge on any atom is -0.406 e. The van der Waals surface area contributed by atoms with Crippen LogP contribution in [0.3, 0.4) is 0 Å². The molecule has 6 atom stereocenters. The maximum absolute atomic E-state index is 12.4. The zero-order chi connectivity index (χ0) is 20.4. The summed E-state index contributed by atoms with van der Waals surface area (Å²) in [5.74, 6) is 4.63. The van der Waals surface area contributed by atoms with Gasteiger partial charge in [0, 0.05) is 0 Å². The van der Waals surface area contributed by atoms with E-state index in [1.165, 1.54) is 69.1 Å². The molecule has 160 valence electrons. The van der Waals surface area contributed by atoms with E-state index in [1.807, 2.05) is 12.1 Å². The molecule has 0 heterocycles. The van der Waals surface area contributed by atoms with Crippen molar-refractivity contribution in [2.45, 2.75) is 77.0 Å². The van der Waals surface area contributed by atoms with Crippen molar-refractivity contribution in [3.05, 3.63) is 42.0 Å². The summed E-state index contributed by atoms with van der Waals surface area (Å²) in [5.41, 5.74) is 1.17. The number of alkyl halides is 3. The van der Waals surface area contributed by atoms with E-state index >= 15 is 0 Å². The van der Waals surface area contributed by atoms with Crippen LogP contribution in [0.5, 0.6) is 5.75 Å². The topological polar surface area (TPSA) is 9.23 Å². The molecule has 0 aromatic heterocycles. The zero-order valence-corrected chi connectivity index (χ0v) is 17.3. The quantitative estimate of drug-likeness (QED) is 0.462. The minimum atomic E-state index is -4.62. The van der Waals surface area contributed by atoms with E-state index in [9.17, 15) is 13.2 Å². The molecule has 0 amide bonds. The number of halogens is 3.